The molecule has 116 valence electrons. The first-order chi connectivity index (χ1) is 9.78. The minimum absolute atomic E-state index is 0.198. The summed E-state index contributed by atoms with van der Waals surface area (Å²) < 4.78 is 5.36. The number of rotatable bonds is 2. The van der Waals surface area contributed by atoms with Crippen molar-refractivity contribution in [3.8, 4) is 0 Å². The maximum absolute atomic E-state index is 12.4. The Morgan fingerprint density at radius 3 is 2.62 bits per heavy atom. The zero-order valence-corrected chi connectivity index (χ0v) is 12.6. The average Bonchev–Trinajstić information content (AvgIpc) is 2.86. The fourth-order valence-electron chi connectivity index (χ4n) is 2.42. The number of carbonyl (C=O) groups excluding carboxylic acids is 3. The standard InChI is InChI=1S/C14H21N3O4/c1-14(2,3)21-13(20)10-5-4-8-17(10)12(19)9-6-7-11(18)16-15-9/h10H,4-8H2,1-3H3,(H,16,18)/t10-/m1/s1. The lowest BCUT2D eigenvalue weighted by Gasteiger charge is -2.28. The molecule has 0 aromatic heterocycles. The Kier molecular flexibility index (Phi) is 4.29. The van der Waals surface area contributed by atoms with Gasteiger partial charge in [-0.2, -0.15) is 5.10 Å². The SMILES string of the molecule is CC(C)(C)OC(=O)[C@H]1CCCN1C(=O)C1=NNC(=O)CC1. The fourth-order valence-corrected chi connectivity index (χ4v) is 2.42. The van der Waals surface area contributed by atoms with Crippen molar-refractivity contribution in [1.82, 2.24) is 10.3 Å². The first-order valence-corrected chi connectivity index (χ1v) is 7.17. The predicted octanol–water partition coefficient (Wildman–Crippen LogP) is 0.585. The van der Waals surface area contributed by atoms with Crippen molar-refractivity contribution < 1.29 is 19.1 Å². The Labute approximate surface area is 123 Å². The third-order valence-corrected chi connectivity index (χ3v) is 3.34. The highest BCUT2D eigenvalue weighted by molar-refractivity contribution is 6.39. The third-order valence-electron chi connectivity index (χ3n) is 3.34. The van der Waals surface area contributed by atoms with Gasteiger partial charge in [0.2, 0.25) is 5.91 Å². The third kappa shape index (κ3) is 3.80. The van der Waals surface area contributed by atoms with Crippen LogP contribution in [0.15, 0.2) is 5.10 Å². The van der Waals surface area contributed by atoms with Crippen molar-refractivity contribution in [2.75, 3.05) is 6.54 Å². The molecule has 1 atom stereocenters. The zero-order chi connectivity index (χ0) is 15.6. The molecule has 0 saturated carbocycles. The van der Waals surface area contributed by atoms with Gasteiger partial charge in [-0.1, -0.05) is 0 Å². The molecule has 0 aliphatic carbocycles. The second kappa shape index (κ2) is 5.83. The van der Waals surface area contributed by atoms with E-state index in [0.717, 1.165) is 6.42 Å². The molecule has 1 saturated heterocycles. The predicted molar refractivity (Wildman–Crippen MR) is 75.4 cm³/mol. The minimum Gasteiger partial charge on any atom is -0.458 e. The van der Waals surface area contributed by atoms with Crippen LogP contribution in [0.4, 0.5) is 0 Å². The molecular weight excluding hydrogens is 274 g/mol. The lowest BCUT2D eigenvalue weighted by atomic mass is 10.1. The maximum atomic E-state index is 12.4. The number of ether oxygens (including phenoxy) is 1. The molecule has 7 nitrogen and oxygen atoms in total. The minimum atomic E-state index is -0.579. The number of nitrogens with zero attached hydrogens (tertiary/aromatic N) is 2. The van der Waals surface area contributed by atoms with E-state index in [2.05, 4.69) is 10.5 Å². The molecule has 0 aromatic carbocycles. The zero-order valence-electron chi connectivity index (χ0n) is 12.6. The second-order valence-corrected chi connectivity index (χ2v) is 6.28. The second-order valence-electron chi connectivity index (χ2n) is 6.28. The molecular formula is C14H21N3O4. The molecule has 2 heterocycles. The maximum Gasteiger partial charge on any atom is 0.329 e. The van der Waals surface area contributed by atoms with Crippen LogP contribution < -0.4 is 5.43 Å². The Hall–Kier alpha value is -1.92. The molecule has 7 heteroatoms. The van der Waals surface area contributed by atoms with Crippen LogP contribution in [0, 0.1) is 0 Å². The van der Waals surface area contributed by atoms with E-state index in [4.69, 9.17) is 4.74 Å². The number of hydrogen-bond acceptors (Lipinski definition) is 5. The first kappa shape index (κ1) is 15.5. The molecule has 2 rings (SSSR count). The Bertz CT molecular complexity index is 493. The van der Waals surface area contributed by atoms with E-state index in [-0.39, 0.29) is 24.2 Å². The van der Waals surface area contributed by atoms with Gasteiger partial charge >= 0.3 is 5.97 Å². The van der Waals surface area contributed by atoms with Crippen molar-refractivity contribution in [2.45, 2.75) is 58.1 Å². The first-order valence-electron chi connectivity index (χ1n) is 7.17. The van der Waals surface area contributed by atoms with Gasteiger partial charge in [0, 0.05) is 19.4 Å². The lowest BCUT2D eigenvalue weighted by molar-refractivity contribution is -0.162. The smallest absolute Gasteiger partial charge is 0.329 e. The molecule has 2 aliphatic heterocycles. The van der Waals surface area contributed by atoms with E-state index in [1.54, 1.807) is 20.8 Å². The highest BCUT2D eigenvalue weighted by Gasteiger charge is 2.38. The molecule has 0 bridgehead atoms. The van der Waals surface area contributed by atoms with Crippen LogP contribution in [-0.4, -0.2) is 46.6 Å². The van der Waals surface area contributed by atoms with Crippen molar-refractivity contribution in [3.63, 3.8) is 0 Å². The summed E-state index contributed by atoms with van der Waals surface area (Å²) in [6.45, 7) is 5.90. The van der Waals surface area contributed by atoms with Gasteiger partial charge in [0.1, 0.15) is 17.4 Å². The van der Waals surface area contributed by atoms with E-state index in [9.17, 15) is 14.4 Å². The fraction of sp³-hybridized carbons (Fsp3) is 0.714. The van der Waals surface area contributed by atoms with Crippen LogP contribution in [0.1, 0.15) is 46.5 Å². The molecule has 0 spiro atoms. The summed E-state index contributed by atoms with van der Waals surface area (Å²) >= 11 is 0. The summed E-state index contributed by atoms with van der Waals surface area (Å²) in [4.78, 5) is 37.2. The summed E-state index contributed by atoms with van der Waals surface area (Å²) in [6.07, 6.45) is 1.91. The van der Waals surface area contributed by atoms with Crippen molar-refractivity contribution in [2.24, 2.45) is 5.10 Å². The van der Waals surface area contributed by atoms with Crippen LogP contribution in [0.3, 0.4) is 0 Å². The largest absolute Gasteiger partial charge is 0.458 e. The monoisotopic (exact) mass is 295 g/mol. The van der Waals surface area contributed by atoms with Crippen LogP contribution in [0.25, 0.3) is 0 Å². The van der Waals surface area contributed by atoms with Gasteiger partial charge in [-0.15, -0.1) is 0 Å². The normalized spacial score (nSPS) is 22.6. The lowest BCUT2D eigenvalue weighted by Crippen LogP contribution is -2.47. The van der Waals surface area contributed by atoms with Crippen LogP contribution >= 0.6 is 0 Å². The summed E-state index contributed by atoms with van der Waals surface area (Å²) in [5, 5.41) is 3.80. The van der Waals surface area contributed by atoms with Gasteiger partial charge in [0.15, 0.2) is 0 Å². The molecule has 2 aliphatic rings. The summed E-state index contributed by atoms with van der Waals surface area (Å²) in [5.74, 6) is -0.867. The van der Waals surface area contributed by atoms with Crippen molar-refractivity contribution in [1.29, 1.82) is 0 Å². The molecule has 21 heavy (non-hydrogen) atoms. The van der Waals surface area contributed by atoms with Crippen LogP contribution in [-0.2, 0) is 19.1 Å². The molecule has 1 N–H and O–H groups in total. The highest BCUT2D eigenvalue weighted by Crippen LogP contribution is 2.22. The molecule has 2 amide bonds. The van der Waals surface area contributed by atoms with E-state index >= 15 is 0 Å². The van der Waals surface area contributed by atoms with Gasteiger partial charge in [-0.3, -0.25) is 9.59 Å². The van der Waals surface area contributed by atoms with Crippen LogP contribution in [0.5, 0.6) is 0 Å². The molecule has 0 radical (unpaired) electrons. The number of hydrogen-bond donors (Lipinski definition) is 1. The molecule has 0 aromatic rings. The van der Waals surface area contributed by atoms with Gasteiger partial charge in [0.05, 0.1) is 0 Å². The van der Waals surface area contributed by atoms with Gasteiger partial charge in [-0.25, -0.2) is 10.2 Å². The number of carbonyl (C=O) groups is 3. The molecule has 0 unspecified atom stereocenters. The van der Waals surface area contributed by atoms with E-state index in [1.165, 1.54) is 4.90 Å². The van der Waals surface area contributed by atoms with E-state index in [0.29, 0.717) is 25.1 Å². The number of nitrogens with one attached hydrogen (secondary N) is 1. The number of hydrazone groups is 1. The Morgan fingerprint density at radius 1 is 1.33 bits per heavy atom. The van der Waals surface area contributed by atoms with Gasteiger partial charge in [0.25, 0.3) is 5.91 Å². The van der Waals surface area contributed by atoms with E-state index in [1.807, 2.05) is 0 Å². The van der Waals surface area contributed by atoms with E-state index < -0.39 is 11.6 Å². The van der Waals surface area contributed by atoms with Gasteiger partial charge < -0.3 is 9.64 Å². The molecule has 1 fully saturated rings. The average molecular weight is 295 g/mol. The number of likely N-dealkylation sites (tertiary alicyclic amines) is 1. The van der Waals surface area contributed by atoms with Gasteiger partial charge in [-0.05, 0) is 33.6 Å². The summed E-state index contributed by atoms with van der Waals surface area (Å²) in [6, 6.07) is -0.558. The number of amides is 2. The van der Waals surface area contributed by atoms with Crippen molar-refractivity contribution in [3.05, 3.63) is 0 Å². The summed E-state index contributed by atoms with van der Waals surface area (Å²) in [5.41, 5.74) is 2.02. The Balaban J connectivity index is 2.06. The van der Waals surface area contributed by atoms with Crippen molar-refractivity contribution >= 4 is 23.5 Å². The quantitative estimate of drug-likeness (QED) is 0.755. The Morgan fingerprint density at radius 2 is 2.05 bits per heavy atom. The topological polar surface area (TPSA) is 88.1 Å². The van der Waals surface area contributed by atoms with Crippen LogP contribution in [0.2, 0.25) is 0 Å². The highest BCUT2D eigenvalue weighted by atomic mass is 16.6. The summed E-state index contributed by atoms with van der Waals surface area (Å²) in [7, 11) is 0. The number of esters is 1.